The quantitative estimate of drug-likeness (QED) is 0.853. The van der Waals surface area contributed by atoms with Crippen LogP contribution in [-0.4, -0.2) is 21.2 Å². The zero-order valence-electron chi connectivity index (χ0n) is 11.1. The van der Waals surface area contributed by atoms with Crippen LogP contribution in [0.15, 0.2) is 41.8 Å². The first-order valence-electron chi connectivity index (χ1n) is 6.18. The van der Waals surface area contributed by atoms with Gasteiger partial charge in [0.2, 0.25) is 5.91 Å². The van der Waals surface area contributed by atoms with Crippen molar-refractivity contribution in [2.75, 3.05) is 11.1 Å². The molecule has 0 aliphatic rings. The van der Waals surface area contributed by atoms with E-state index in [9.17, 15) is 4.79 Å². The van der Waals surface area contributed by atoms with Gasteiger partial charge < -0.3 is 9.88 Å². The van der Waals surface area contributed by atoms with E-state index in [4.69, 9.17) is 0 Å². The summed E-state index contributed by atoms with van der Waals surface area (Å²) in [5.41, 5.74) is 2.05. The van der Waals surface area contributed by atoms with E-state index in [2.05, 4.69) is 17.2 Å². The van der Waals surface area contributed by atoms with Crippen LogP contribution in [0.1, 0.15) is 12.5 Å². The third kappa shape index (κ3) is 3.61. The van der Waals surface area contributed by atoms with Crippen molar-refractivity contribution in [2.24, 2.45) is 7.05 Å². The van der Waals surface area contributed by atoms with Gasteiger partial charge in [0.1, 0.15) is 0 Å². The molecule has 0 atom stereocenters. The first-order chi connectivity index (χ1) is 9.20. The molecule has 2 rings (SSSR count). The molecule has 0 saturated heterocycles. The summed E-state index contributed by atoms with van der Waals surface area (Å²) < 4.78 is 1.90. The minimum Gasteiger partial charge on any atom is -0.329 e. The molecule has 0 fully saturated rings. The molecule has 0 spiro atoms. The molecule has 19 heavy (non-hydrogen) atoms. The third-order valence-corrected chi connectivity index (χ3v) is 3.84. The topological polar surface area (TPSA) is 46.9 Å². The fourth-order valence-electron chi connectivity index (χ4n) is 1.76. The van der Waals surface area contributed by atoms with Crippen LogP contribution in [0.4, 0.5) is 5.69 Å². The van der Waals surface area contributed by atoms with E-state index in [-0.39, 0.29) is 5.91 Å². The minimum absolute atomic E-state index is 0.00565. The van der Waals surface area contributed by atoms with Crippen LogP contribution in [0.25, 0.3) is 0 Å². The summed E-state index contributed by atoms with van der Waals surface area (Å²) in [6, 6.07) is 7.88. The van der Waals surface area contributed by atoms with E-state index >= 15 is 0 Å². The molecule has 1 aromatic heterocycles. The van der Waals surface area contributed by atoms with Crippen molar-refractivity contribution in [1.29, 1.82) is 0 Å². The largest absolute Gasteiger partial charge is 0.329 e. The van der Waals surface area contributed by atoms with Gasteiger partial charge in [0.25, 0.3) is 0 Å². The van der Waals surface area contributed by atoms with Gasteiger partial charge in [-0.25, -0.2) is 4.98 Å². The monoisotopic (exact) mass is 275 g/mol. The summed E-state index contributed by atoms with van der Waals surface area (Å²) in [7, 11) is 1.92. The van der Waals surface area contributed by atoms with Crippen LogP contribution in [0, 0.1) is 0 Å². The van der Waals surface area contributed by atoms with Crippen molar-refractivity contribution in [2.45, 2.75) is 18.5 Å². The normalized spacial score (nSPS) is 10.4. The predicted molar refractivity (Wildman–Crippen MR) is 78.4 cm³/mol. The van der Waals surface area contributed by atoms with Gasteiger partial charge in [0, 0.05) is 25.1 Å². The number of imidazole rings is 1. The van der Waals surface area contributed by atoms with Gasteiger partial charge in [-0.3, -0.25) is 4.79 Å². The molecular formula is C14H17N3OS. The number of amides is 1. The van der Waals surface area contributed by atoms with Crippen LogP contribution in [0.3, 0.4) is 0 Å². The Balaban J connectivity index is 1.93. The highest BCUT2D eigenvalue weighted by atomic mass is 32.2. The maximum Gasteiger partial charge on any atom is 0.234 e. The molecule has 0 aliphatic heterocycles. The molecule has 100 valence electrons. The fraction of sp³-hybridized carbons (Fsp3) is 0.286. The van der Waals surface area contributed by atoms with Crippen LogP contribution in [0.2, 0.25) is 0 Å². The van der Waals surface area contributed by atoms with Gasteiger partial charge in [0.05, 0.1) is 5.75 Å². The minimum atomic E-state index is -0.00565. The molecule has 1 N–H and O–H groups in total. The number of hydrogen-bond acceptors (Lipinski definition) is 3. The Morgan fingerprint density at radius 2 is 2.21 bits per heavy atom. The second-order valence-corrected chi connectivity index (χ2v) is 5.11. The van der Waals surface area contributed by atoms with E-state index in [1.165, 1.54) is 11.8 Å². The number of carbonyl (C=O) groups is 1. The summed E-state index contributed by atoms with van der Waals surface area (Å²) in [6.07, 6.45) is 4.50. The van der Waals surface area contributed by atoms with E-state index in [1.54, 1.807) is 6.20 Å². The van der Waals surface area contributed by atoms with Crippen molar-refractivity contribution in [3.8, 4) is 0 Å². The Morgan fingerprint density at radius 1 is 1.42 bits per heavy atom. The summed E-state index contributed by atoms with van der Waals surface area (Å²) in [5.74, 6) is 0.358. The summed E-state index contributed by atoms with van der Waals surface area (Å²) in [5, 5.41) is 3.79. The van der Waals surface area contributed by atoms with Crippen molar-refractivity contribution in [1.82, 2.24) is 9.55 Å². The second kappa shape index (κ2) is 6.43. The van der Waals surface area contributed by atoms with Gasteiger partial charge in [-0.2, -0.15) is 0 Å². The molecule has 2 aromatic rings. The zero-order valence-corrected chi connectivity index (χ0v) is 11.9. The highest BCUT2D eigenvalue weighted by molar-refractivity contribution is 7.99. The summed E-state index contributed by atoms with van der Waals surface area (Å²) in [4.78, 5) is 16.1. The number of carbonyl (C=O) groups excluding carboxylic acids is 1. The molecular weight excluding hydrogens is 258 g/mol. The maximum absolute atomic E-state index is 11.9. The molecule has 0 aliphatic carbocycles. The highest BCUT2D eigenvalue weighted by Gasteiger charge is 2.08. The van der Waals surface area contributed by atoms with Gasteiger partial charge >= 0.3 is 0 Å². The molecule has 1 heterocycles. The van der Waals surface area contributed by atoms with Crippen molar-refractivity contribution in [3.05, 3.63) is 42.2 Å². The lowest BCUT2D eigenvalue weighted by Crippen LogP contribution is -2.15. The molecule has 1 amide bonds. The lowest BCUT2D eigenvalue weighted by atomic mass is 10.1. The predicted octanol–water partition coefficient (Wildman–Crippen LogP) is 2.71. The van der Waals surface area contributed by atoms with Crippen LogP contribution < -0.4 is 5.32 Å². The number of thioether (sulfide) groups is 1. The maximum atomic E-state index is 11.9. The number of anilines is 1. The Bertz CT molecular complexity index is 565. The third-order valence-electron chi connectivity index (χ3n) is 2.78. The van der Waals surface area contributed by atoms with Gasteiger partial charge in [0.15, 0.2) is 5.16 Å². The Labute approximate surface area is 117 Å². The average molecular weight is 275 g/mol. The Morgan fingerprint density at radius 3 is 2.89 bits per heavy atom. The highest BCUT2D eigenvalue weighted by Crippen LogP contribution is 2.18. The number of nitrogens with zero attached hydrogens (tertiary/aromatic N) is 2. The van der Waals surface area contributed by atoms with E-state index in [1.807, 2.05) is 42.1 Å². The molecule has 5 heteroatoms. The smallest absolute Gasteiger partial charge is 0.234 e. The summed E-state index contributed by atoms with van der Waals surface area (Å²) >= 11 is 1.43. The van der Waals surface area contributed by atoms with Crippen LogP contribution >= 0.6 is 11.8 Å². The second-order valence-electron chi connectivity index (χ2n) is 4.17. The molecule has 4 nitrogen and oxygen atoms in total. The number of nitrogens with one attached hydrogen (secondary N) is 1. The van der Waals surface area contributed by atoms with E-state index in [0.29, 0.717) is 5.75 Å². The van der Waals surface area contributed by atoms with Crippen molar-refractivity contribution in [3.63, 3.8) is 0 Å². The van der Waals surface area contributed by atoms with Gasteiger partial charge in [-0.15, -0.1) is 0 Å². The van der Waals surface area contributed by atoms with E-state index in [0.717, 1.165) is 22.8 Å². The van der Waals surface area contributed by atoms with Gasteiger partial charge in [-0.05, 0) is 18.1 Å². The molecule has 1 aromatic carbocycles. The lowest BCUT2D eigenvalue weighted by Gasteiger charge is -2.09. The van der Waals surface area contributed by atoms with Crippen LogP contribution in [-0.2, 0) is 18.3 Å². The standard InChI is InChI=1S/C14H17N3OS/c1-3-11-6-4-5-7-12(11)16-13(18)10-19-14-15-8-9-17(14)2/h4-9H,3,10H2,1-2H3,(H,16,18). The number of benzene rings is 1. The summed E-state index contributed by atoms with van der Waals surface area (Å²) in [6.45, 7) is 2.08. The lowest BCUT2D eigenvalue weighted by molar-refractivity contribution is -0.113. The molecule has 0 radical (unpaired) electrons. The van der Waals surface area contributed by atoms with E-state index < -0.39 is 0 Å². The first kappa shape index (κ1) is 13.7. The van der Waals surface area contributed by atoms with Crippen molar-refractivity contribution < 1.29 is 4.79 Å². The van der Waals surface area contributed by atoms with Crippen molar-refractivity contribution >= 4 is 23.4 Å². The number of rotatable bonds is 5. The number of aromatic nitrogens is 2. The number of aryl methyl sites for hydroxylation is 2. The average Bonchev–Trinajstić information content (AvgIpc) is 2.82. The zero-order chi connectivity index (χ0) is 13.7. The Kier molecular flexibility index (Phi) is 4.63. The molecule has 0 unspecified atom stereocenters. The first-order valence-corrected chi connectivity index (χ1v) is 7.17. The Hall–Kier alpha value is -1.75. The van der Waals surface area contributed by atoms with Gasteiger partial charge in [-0.1, -0.05) is 36.9 Å². The molecule has 0 bridgehead atoms. The number of hydrogen-bond donors (Lipinski definition) is 1. The van der Waals surface area contributed by atoms with Crippen LogP contribution in [0.5, 0.6) is 0 Å². The SMILES string of the molecule is CCc1ccccc1NC(=O)CSc1nccn1C. The fourth-order valence-corrected chi connectivity index (χ4v) is 2.49. The molecule has 0 saturated carbocycles. The number of para-hydroxylation sites is 1.